The highest BCUT2D eigenvalue weighted by Gasteiger charge is 2.15. The molecule has 7 heteroatoms. The lowest BCUT2D eigenvalue weighted by Gasteiger charge is -2.22. The van der Waals surface area contributed by atoms with Crippen molar-refractivity contribution in [1.82, 2.24) is 4.90 Å². The first-order chi connectivity index (χ1) is 11.3. The quantitative estimate of drug-likeness (QED) is 0.622. The second kappa shape index (κ2) is 10.7. The van der Waals surface area contributed by atoms with Crippen molar-refractivity contribution in [2.45, 2.75) is 33.0 Å². The van der Waals surface area contributed by atoms with Crippen LogP contribution in [0, 0.1) is 6.92 Å². The highest BCUT2D eigenvalue weighted by molar-refractivity contribution is 9.10. The first-order valence-electron chi connectivity index (χ1n) is 7.95. The standard InChI is InChI=1S/C17H27BrN2O4/c1-12(2)24-8-7-23-11-14(21)10-20(4)17(22)19-16-6-5-13(3)9-15(16)18/h5-6,9,12,14,21H,7-8,10-11H2,1-4H3,(H,19,22)/t14-/m1/s1. The van der Waals surface area contributed by atoms with Crippen molar-refractivity contribution in [2.75, 3.05) is 38.7 Å². The number of anilines is 1. The van der Waals surface area contributed by atoms with Crippen molar-refractivity contribution >= 4 is 27.6 Å². The predicted octanol–water partition coefficient (Wildman–Crippen LogP) is 3.02. The van der Waals surface area contributed by atoms with E-state index in [0.717, 1.165) is 10.0 Å². The molecule has 24 heavy (non-hydrogen) atoms. The van der Waals surface area contributed by atoms with E-state index < -0.39 is 6.10 Å². The van der Waals surface area contributed by atoms with Gasteiger partial charge in [-0.2, -0.15) is 0 Å². The van der Waals surface area contributed by atoms with Crippen LogP contribution >= 0.6 is 15.9 Å². The van der Waals surface area contributed by atoms with Crippen molar-refractivity contribution in [3.8, 4) is 0 Å². The maximum atomic E-state index is 12.2. The van der Waals surface area contributed by atoms with E-state index in [1.54, 1.807) is 7.05 Å². The van der Waals surface area contributed by atoms with Crippen LogP contribution in [0.15, 0.2) is 22.7 Å². The largest absolute Gasteiger partial charge is 0.389 e. The number of hydrogen-bond donors (Lipinski definition) is 2. The molecule has 2 amide bonds. The third kappa shape index (κ3) is 8.10. The number of aliphatic hydroxyl groups excluding tert-OH is 1. The predicted molar refractivity (Wildman–Crippen MR) is 98.4 cm³/mol. The summed E-state index contributed by atoms with van der Waals surface area (Å²) in [6, 6.07) is 5.39. The van der Waals surface area contributed by atoms with E-state index in [4.69, 9.17) is 9.47 Å². The third-order valence-electron chi connectivity index (χ3n) is 3.19. The fourth-order valence-electron chi connectivity index (χ4n) is 1.95. The molecule has 0 radical (unpaired) electrons. The monoisotopic (exact) mass is 402 g/mol. The van der Waals surface area contributed by atoms with Gasteiger partial charge in [0.15, 0.2) is 0 Å². The molecular weight excluding hydrogens is 376 g/mol. The van der Waals surface area contributed by atoms with Crippen LogP contribution < -0.4 is 5.32 Å². The van der Waals surface area contributed by atoms with Gasteiger partial charge < -0.3 is 24.8 Å². The van der Waals surface area contributed by atoms with Crippen molar-refractivity contribution < 1.29 is 19.4 Å². The topological polar surface area (TPSA) is 71.0 Å². The van der Waals surface area contributed by atoms with E-state index in [1.807, 2.05) is 39.0 Å². The van der Waals surface area contributed by atoms with E-state index in [0.29, 0.717) is 18.9 Å². The zero-order valence-electron chi connectivity index (χ0n) is 14.7. The van der Waals surface area contributed by atoms with Gasteiger partial charge in [-0.15, -0.1) is 0 Å². The van der Waals surface area contributed by atoms with Gasteiger partial charge in [0.05, 0.1) is 44.3 Å². The molecule has 1 aromatic carbocycles. The lowest BCUT2D eigenvalue weighted by Crippen LogP contribution is -2.39. The number of carbonyl (C=O) groups is 1. The van der Waals surface area contributed by atoms with E-state index in [2.05, 4.69) is 21.2 Å². The summed E-state index contributed by atoms with van der Waals surface area (Å²) < 4.78 is 11.5. The summed E-state index contributed by atoms with van der Waals surface area (Å²) in [5.74, 6) is 0. The van der Waals surface area contributed by atoms with Crippen molar-refractivity contribution in [3.05, 3.63) is 28.2 Å². The summed E-state index contributed by atoms with van der Waals surface area (Å²) >= 11 is 3.42. The average Bonchev–Trinajstić information content (AvgIpc) is 2.49. The smallest absolute Gasteiger partial charge is 0.321 e. The zero-order chi connectivity index (χ0) is 18.1. The second-order valence-corrected chi connectivity index (χ2v) is 6.80. The molecule has 0 fully saturated rings. The Bertz CT molecular complexity index is 525. The molecule has 0 heterocycles. The van der Waals surface area contributed by atoms with E-state index in [-0.39, 0.29) is 25.3 Å². The van der Waals surface area contributed by atoms with Crippen LogP contribution in [0.3, 0.4) is 0 Å². The van der Waals surface area contributed by atoms with E-state index in [9.17, 15) is 9.90 Å². The molecule has 0 aromatic heterocycles. The second-order valence-electron chi connectivity index (χ2n) is 5.94. The maximum absolute atomic E-state index is 12.2. The Hall–Kier alpha value is -1.15. The third-order valence-corrected chi connectivity index (χ3v) is 3.84. The first-order valence-corrected chi connectivity index (χ1v) is 8.74. The Morgan fingerprint density at radius 1 is 1.38 bits per heavy atom. The van der Waals surface area contributed by atoms with Crippen LogP contribution in [0.2, 0.25) is 0 Å². The fraction of sp³-hybridized carbons (Fsp3) is 0.588. The number of nitrogens with one attached hydrogen (secondary N) is 1. The van der Waals surface area contributed by atoms with Crippen molar-refractivity contribution in [3.63, 3.8) is 0 Å². The normalized spacial score (nSPS) is 12.3. The minimum atomic E-state index is -0.749. The van der Waals surface area contributed by atoms with E-state index in [1.165, 1.54) is 4.90 Å². The summed E-state index contributed by atoms with van der Waals surface area (Å²) in [6.45, 7) is 7.13. The van der Waals surface area contributed by atoms with Gasteiger partial charge in [0.1, 0.15) is 0 Å². The Balaban J connectivity index is 2.32. The lowest BCUT2D eigenvalue weighted by atomic mass is 10.2. The Labute approximate surface area is 152 Å². The van der Waals surface area contributed by atoms with Crippen molar-refractivity contribution in [1.29, 1.82) is 0 Å². The van der Waals surface area contributed by atoms with Crippen LogP contribution in [-0.4, -0.2) is 61.7 Å². The summed E-state index contributed by atoms with van der Waals surface area (Å²) in [7, 11) is 1.63. The molecule has 0 aliphatic rings. The summed E-state index contributed by atoms with van der Waals surface area (Å²) in [5.41, 5.74) is 1.79. The Morgan fingerprint density at radius 2 is 2.08 bits per heavy atom. The van der Waals surface area contributed by atoms with Gasteiger partial charge in [-0.05, 0) is 54.4 Å². The highest BCUT2D eigenvalue weighted by atomic mass is 79.9. The molecular formula is C17H27BrN2O4. The number of carbonyl (C=O) groups excluding carboxylic acids is 1. The van der Waals surface area contributed by atoms with Crippen molar-refractivity contribution in [2.24, 2.45) is 0 Å². The lowest BCUT2D eigenvalue weighted by molar-refractivity contribution is -0.0144. The molecule has 1 atom stereocenters. The number of hydrogen-bond acceptors (Lipinski definition) is 4. The number of amides is 2. The van der Waals surface area contributed by atoms with Gasteiger partial charge in [-0.1, -0.05) is 6.07 Å². The number of benzene rings is 1. The number of rotatable bonds is 9. The maximum Gasteiger partial charge on any atom is 0.321 e. The molecule has 0 aliphatic carbocycles. The number of likely N-dealkylation sites (N-methyl/N-ethyl adjacent to an activating group) is 1. The number of halogens is 1. The molecule has 0 saturated heterocycles. The minimum Gasteiger partial charge on any atom is -0.389 e. The summed E-state index contributed by atoms with van der Waals surface area (Å²) in [5, 5.41) is 12.7. The zero-order valence-corrected chi connectivity index (χ0v) is 16.3. The van der Waals surface area contributed by atoms with Crippen LogP contribution in [0.25, 0.3) is 0 Å². The number of aliphatic hydroxyl groups is 1. The number of nitrogens with zero attached hydrogens (tertiary/aromatic N) is 1. The van der Waals surface area contributed by atoms with Gasteiger partial charge in [0.25, 0.3) is 0 Å². The highest BCUT2D eigenvalue weighted by Crippen LogP contribution is 2.23. The molecule has 0 saturated carbocycles. The molecule has 0 unspecified atom stereocenters. The van der Waals surface area contributed by atoms with Gasteiger partial charge in [-0.25, -0.2) is 4.79 Å². The van der Waals surface area contributed by atoms with Crippen LogP contribution in [0.1, 0.15) is 19.4 Å². The SMILES string of the molecule is Cc1ccc(NC(=O)N(C)C[C@@H](O)COCCOC(C)C)c(Br)c1. The number of ether oxygens (including phenoxy) is 2. The molecule has 1 rings (SSSR count). The van der Waals surface area contributed by atoms with Gasteiger partial charge in [-0.3, -0.25) is 0 Å². The molecule has 0 spiro atoms. The molecule has 1 aromatic rings. The average molecular weight is 403 g/mol. The number of aryl methyl sites for hydroxylation is 1. The Kier molecular flexibility index (Phi) is 9.28. The van der Waals surface area contributed by atoms with Gasteiger partial charge >= 0.3 is 6.03 Å². The van der Waals surface area contributed by atoms with Gasteiger partial charge in [0, 0.05) is 11.5 Å². The van der Waals surface area contributed by atoms with Crippen LogP contribution in [0.5, 0.6) is 0 Å². The molecule has 6 nitrogen and oxygen atoms in total. The van der Waals surface area contributed by atoms with E-state index >= 15 is 0 Å². The molecule has 0 aliphatic heterocycles. The summed E-state index contributed by atoms with van der Waals surface area (Å²) in [6.07, 6.45) is -0.587. The minimum absolute atomic E-state index is 0.160. The van der Waals surface area contributed by atoms with Crippen LogP contribution in [0.4, 0.5) is 10.5 Å². The van der Waals surface area contributed by atoms with Gasteiger partial charge in [0.2, 0.25) is 0 Å². The summed E-state index contributed by atoms with van der Waals surface area (Å²) in [4.78, 5) is 13.6. The molecule has 2 N–H and O–H groups in total. The molecule has 0 bridgehead atoms. The Morgan fingerprint density at radius 3 is 2.71 bits per heavy atom. The first kappa shape index (κ1) is 20.9. The fourth-order valence-corrected chi connectivity index (χ4v) is 2.54. The van der Waals surface area contributed by atoms with Crippen LogP contribution in [-0.2, 0) is 9.47 Å². The number of urea groups is 1. The molecule has 136 valence electrons.